The van der Waals surface area contributed by atoms with Crippen LogP contribution in [-0.4, -0.2) is 63.6 Å². The molecule has 2 amide bonds. The second-order valence-electron chi connectivity index (χ2n) is 11.7. The van der Waals surface area contributed by atoms with E-state index in [0.29, 0.717) is 43.1 Å². The first-order valence-electron chi connectivity index (χ1n) is 15.3. The molecule has 2 heterocycles. The Hall–Kier alpha value is -4.01. The van der Waals surface area contributed by atoms with Crippen LogP contribution in [0.25, 0.3) is 11.1 Å². The van der Waals surface area contributed by atoms with E-state index in [1.54, 1.807) is 18.9 Å². The summed E-state index contributed by atoms with van der Waals surface area (Å²) in [7, 11) is 1.65. The van der Waals surface area contributed by atoms with E-state index in [1.165, 1.54) is 0 Å². The highest BCUT2D eigenvalue weighted by molar-refractivity contribution is 6.01. The predicted octanol–water partition coefficient (Wildman–Crippen LogP) is 5.21. The minimum absolute atomic E-state index is 0.0120. The number of anilines is 2. The number of nitrogens with one attached hydrogen (secondary N) is 1. The lowest BCUT2D eigenvalue weighted by Crippen LogP contribution is -2.47. The maximum absolute atomic E-state index is 14.5. The number of methoxy groups -OCH3 is 1. The zero-order valence-electron chi connectivity index (χ0n) is 24.9. The van der Waals surface area contributed by atoms with Gasteiger partial charge in [0.15, 0.2) is 12.4 Å². The van der Waals surface area contributed by atoms with Crippen LogP contribution in [0.2, 0.25) is 0 Å². The van der Waals surface area contributed by atoms with Gasteiger partial charge in [0.25, 0.3) is 5.91 Å². The molecular formula is C35H39N3O5. The summed E-state index contributed by atoms with van der Waals surface area (Å²) >= 11 is 0. The maximum atomic E-state index is 14.5. The van der Waals surface area contributed by atoms with Crippen LogP contribution in [0.3, 0.4) is 0 Å². The highest BCUT2D eigenvalue weighted by atomic mass is 16.5. The van der Waals surface area contributed by atoms with E-state index in [1.807, 2.05) is 53.4 Å². The van der Waals surface area contributed by atoms with Gasteiger partial charge in [0.2, 0.25) is 5.91 Å². The number of ether oxygens (including phenoxy) is 2. The van der Waals surface area contributed by atoms with Gasteiger partial charge in [-0.3, -0.25) is 14.4 Å². The molecule has 224 valence electrons. The number of rotatable bonds is 10. The van der Waals surface area contributed by atoms with Crippen LogP contribution in [0.4, 0.5) is 11.4 Å². The number of fused-ring (bicyclic) bond motifs is 1. The normalized spacial score (nSPS) is 19.9. The maximum Gasteiger partial charge on any atom is 0.265 e. The lowest BCUT2D eigenvalue weighted by atomic mass is 9.79. The van der Waals surface area contributed by atoms with Crippen molar-refractivity contribution in [3.8, 4) is 16.9 Å². The highest BCUT2D eigenvalue weighted by Gasteiger charge is 2.41. The number of carbonyl (C=O) groups is 3. The summed E-state index contributed by atoms with van der Waals surface area (Å²) in [5.41, 5.74) is 5.37. The van der Waals surface area contributed by atoms with Crippen LogP contribution >= 0.6 is 0 Å². The van der Waals surface area contributed by atoms with Gasteiger partial charge < -0.3 is 24.6 Å². The van der Waals surface area contributed by atoms with Crippen molar-refractivity contribution >= 4 is 29.0 Å². The molecule has 0 unspecified atom stereocenters. The zero-order chi connectivity index (χ0) is 29.9. The largest absolute Gasteiger partial charge is 0.482 e. The second-order valence-corrected chi connectivity index (χ2v) is 11.7. The molecule has 0 bridgehead atoms. The second kappa shape index (κ2) is 12.7. The van der Waals surface area contributed by atoms with Crippen LogP contribution in [0.15, 0.2) is 66.7 Å². The first-order valence-corrected chi connectivity index (χ1v) is 15.3. The fraction of sp³-hybridized carbons (Fsp3) is 0.400. The number of amides is 2. The van der Waals surface area contributed by atoms with Crippen molar-refractivity contribution in [2.45, 2.75) is 44.6 Å². The number of hydrogen-bond acceptors (Lipinski definition) is 6. The fourth-order valence-electron chi connectivity index (χ4n) is 6.37. The first kappa shape index (κ1) is 29.1. The van der Waals surface area contributed by atoms with Gasteiger partial charge in [0.05, 0.1) is 11.6 Å². The van der Waals surface area contributed by atoms with Crippen molar-refractivity contribution in [3.63, 3.8) is 0 Å². The Morgan fingerprint density at radius 1 is 1.02 bits per heavy atom. The zero-order valence-corrected chi connectivity index (χ0v) is 24.9. The molecule has 8 nitrogen and oxygen atoms in total. The van der Waals surface area contributed by atoms with Crippen LogP contribution in [0.1, 0.15) is 54.4 Å². The molecule has 3 aromatic carbocycles. The van der Waals surface area contributed by atoms with Gasteiger partial charge in [-0.05, 0) is 86.0 Å². The standard InChI is InChI=1S/C35H39N3O5/c1-23(39)24-6-3-7-25(18-24)26-8-4-9-27(19-26)30-14-15-36-21-31(30)35(41)38(28-10-11-28)29-12-13-33-32(20-29)37(16-5-17-42-2)34(40)22-43-33/h3-4,6-9,12-13,18-20,28,30-31,36H,5,10-11,14-17,21-22H2,1-2H3/t30-,31+/m1/s1. The van der Waals surface area contributed by atoms with Gasteiger partial charge in [-0.1, -0.05) is 42.5 Å². The van der Waals surface area contributed by atoms with Gasteiger partial charge in [0.1, 0.15) is 5.75 Å². The number of nitrogens with zero attached hydrogens (tertiary/aromatic N) is 2. The van der Waals surface area contributed by atoms with Crippen LogP contribution in [0, 0.1) is 5.92 Å². The molecule has 1 aliphatic carbocycles. The third kappa shape index (κ3) is 6.21. The summed E-state index contributed by atoms with van der Waals surface area (Å²) in [4.78, 5) is 43.0. The van der Waals surface area contributed by atoms with Crippen molar-refractivity contribution in [3.05, 3.63) is 77.9 Å². The van der Waals surface area contributed by atoms with Crippen LogP contribution in [0.5, 0.6) is 5.75 Å². The Kier molecular flexibility index (Phi) is 8.58. The molecule has 8 heteroatoms. The van der Waals surface area contributed by atoms with E-state index in [4.69, 9.17) is 9.47 Å². The van der Waals surface area contributed by atoms with Gasteiger partial charge >= 0.3 is 0 Å². The topological polar surface area (TPSA) is 88.2 Å². The van der Waals surface area contributed by atoms with E-state index in [9.17, 15) is 14.4 Å². The summed E-state index contributed by atoms with van der Waals surface area (Å²) in [6, 6.07) is 22.1. The molecule has 1 saturated heterocycles. The minimum Gasteiger partial charge on any atom is -0.482 e. The van der Waals surface area contributed by atoms with Crippen LogP contribution < -0.4 is 19.9 Å². The predicted molar refractivity (Wildman–Crippen MR) is 167 cm³/mol. The molecule has 0 spiro atoms. The number of piperidine rings is 1. The van der Waals surface area contributed by atoms with Gasteiger partial charge in [0, 0.05) is 44.1 Å². The molecule has 2 atom stereocenters. The molecule has 0 aromatic heterocycles. The van der Waals surface area contributed by atoms with Gasteiger partial charge in [-0.15, -0.1) is 0 Å². The van der Waals surface area contributed by atoms with Crippen molar-refractivity contribution in [1.82, 2.24) is 5.32 Å². The average molecular weight is 582 g/mol. The lowest BCUT2D eigenvalue weighted by Gasteiger charge is -2.36. The molecular weight excluding hydrogens is 542 g/mol. The third-order valence-electron chi connectivity index (χ3n) is 8.76. The first-order chi connectivity index (χ1) is 20.9. The van der Waals surface area contributed by atoms with E-state index < -0.39 is 0 Å². The molecule has 6 rings (SSSR count). The summed E-state index contributed by atoms with van der Waals surface area (Å²) in [5.74, 6) is 0.539. The number of hydrogen-bond donors (Lipinski definition) is 1. The molecule has 0 radical (unpaired) electrons. The number of benzene rings is 3. The Balaban J connectivity index is 1.29. The number of Topliss-reactive ketones (excluding diaryl/α,β-unsaturated/α-hetero) is 1. The average Bonchev–Trinajstić information content (AvgIpc) is 3.87. The summed E-state index contributed by atoms with van der Waals surface area (Å²) in [5, 5.41) is 3.47. The monoisotopic (exact) mass is 581 g/mol. The van der Waals surface area contributed by atoms with Crippen molar-refractivity contribution < 1.29 is 23.9 Å². The fourth-order valence-corrected chi connectivity index (χ4v) is 6.37. The SMILES string of the molecule is COCCCN1C(=O)COc2ccc(N(C(=O)[C@H]3CNCC[C@@H]3c3cccc(-c4cccc(C(C)=O)c4)c3)C3CC3)cc21. The number of carbonyl (C=O) groups excluding carboxylic acids is 3. The molecule has 1 N–H and O–H groups in total. The Morgan fingerprint density at radius 2 is 1.81 bits per heavy atom. The van der Waals surface area contributed by atoms with Gasteiger partial charge in [-0.2, -0.15) is 0 Å². The Morgan fingerprint density at radius 3 is 2.58 bits per heavy atom. The molecule has 2 fully saturated rings. The van der Waals surface area contributed by atoms with Gasteiger partial charge in [-0.25, -0.2) is 0 Å². The van der Waals surface area contributed by atoms with E-state index in [2.05, 4.69) is 23.5 Å². The van der Waals surface area contributed by atoms with E-state index in [0.717, 1.165) is 48.2 Å². The molecule has 43 heavy (non-hydrogen) atoms. The molecule has 3 aromatic rings. The van der Waals surface area contributed by atoms with Crippen LogP contribution in [-0.2, 0) is 14.3 Å². The Bertz CT molecular complexity index is 1520. The lowest BCUT2D eigenvalue weighted by molar-refractivity contribution is -0.123. The van der Waals surface area contributed by atoms with Crippen molar-refractivity contribution in [2.75, 3.05) is 49.8 Å². The molecule has 3 aliphatic rings. The third-order valence-corrected chi connectivity index (χ3v) is 8.76. The summed E-state index contributed by atoms with van der Waals surface area (Å²) < 4.78 is 11.0. The summed E-state index contributed by atoms with van der Waals surface area (Å²) in [6.07, 6.45) is 3.49. The van der Waals surface area contributed by atoms with E-state index >= 15 is 0 Å². The van der Waals surface area contributed by atoms with Crippen molar-refractivity contribution in [2.24, 2.45) is 5.92 Å². The minimum atomic E-state index is -0.236. The molecule has 2 aliphatic heterocycles. The number of ketones is 1. The van der Waals surface area contributed by atoms with Crippen molar-refractivity contribution in [1.29, 1.82) is 0 Å². The highest BCUT2D eigenvalue weighted by Crippen LogP contribution is 2.42. The Labute approximate surface area is 253 Å². The molecule has 1 saturated carbocycles. The van der Waals surface area contributed by atoms with E-state index in [-0.39, 0.29) is 42.1 Å². The summed E-state index contributed by atoms with van der Waals surface area (Å²) in [6.45, 7) is 4.13. The smallest absolute Gasteiger partial charge is 0.265 e. The quantitative estimate of drug-likeness (QED) is 0.261.